The minimum Gasteiger partial charge on any atom is -0.487 e. The smallest absolute Gasteiger partial charge is 0.251 e. The van der Waals surface area contributed by atoms with Crippen LogP contribution < -0.4 is 15.0 Å². The van der Waals surface area contributed by atoms with Crippen LogP contribution in [0, 0.1) is 6.92 Å². The Bertz CT molecular complexity index is 1690. The van der Waals surface area contributed by atoms with Gasteiger partial charge in [0.15, 0.2) is 0 Å². The highest BCUT2D eigenvalue weighted by Crippen LogP contribution is 2.36. The van der Waals surface area contributed by atoms with Gasteiger partial charge in [-0.25, -0.2) is 9.97 Å². The van der Waals surface area contributed by atoms with E-state index < -0.39 is 0 Å². The first-order chi connectivity index (χ1) is 19.3. The minimum atomic E-state index is -0.346. The van der Waals surface area contributed by atoms with E-state index in [0.29, 0.717) is 33.1 Å². The number of ether oxygens (including phenoxy) is 1. The number of pyridine rings is 1. The fraction of sp³-hybridized carbons (Fsp3) is 0.133. The maximum absolute atomic E-state index is 12.9. The highest BCUT2D eigenvalue weighted by Gasteiger charge is 2.20. The van der Waals surface area contributed by atoms with Gasteiger partial charge in [0.05, 0.1) is 29.3 Å². The summed E-state index contributed by atoms with van der Waals surface area (Å²) in [4.78, 5) is 35.5. The quantitative estimate of drug-likeness (QED) is 0.245. The van der Waals surface area contributed by atoms with Crippen molar-refractivity contribution in [3.05, 3.63) is 112 Å². The Hall–Kier alpha value is -4.40. The average molecular weight is 574 g/mol. The number of aryl methyl sites for hydroxylation is 1. The van der Waals surface area contributed by atoms with E-state index in [1.54, 1.807) is 56.0 Å². The van der Waals surface area contributed by atoms with Gasteiger partial charge >= 0.3 is 0 Å². The van der Waals surface area contributed by atoms with Crippen LogP contribution in [0.1, 0.15) is 21.6 Å². The molecule has 0 aliphatic rings. The lowest BCUT2D eigenvalue weighted by atomic mass is 10.1. The molecule has 5 rings (SSSR count). The van der Waals surface area contributed by atoms with Crippen molar-refractivity contribution in [2.24, 2.45) is 0 Å². The molecule has 8 nitrogen and oxygen atoms in total. The summed E-state index contributed by atoms with van der Waals surface area (Å²) in [6.07, 6.45) is 5.33. The number of aromatic nitrogens is 3. The molecule has 0 aliphatic carbocycles. The monoisotopic (exact) mass is 573 g/mol. The van der Waals surface area contributed by atoms with Crippen LogP contribution in [0.15, 0.2) is 85.5 Å². The van der Waals surface area contributed by atoms with Crippen molar-refractivity contribution in [3.63, 3.8) is 0 Å². The van der Waals surface area contributed by atoms with E-state index in [1.165, 1.54) is 4.90 Å². The number of hydrogen-bond donors (Lipinski definition) is 1. The van der Waals surface area contributed by atoms with Gasteiger partial charge in [-0.15, -0.1) is 0 Å². The van der Waals surface area contributed by atoms with Crippen LogP contribution in [0.2, 0.25) is 10.0 Å². The predicted octanol–water partition coefficient (Wildman–Crippen LogP) is 6.01. The normalized spacial score (nSPS) is 10.9. The number of amides is 2. The predicted molar refractivity (Wildman–Crippen MR) is 157 cm³/mol. The molecule has 0 radical (unpaired) electrons. The number of halogens is 2. The Balaban J connectivity index is 1.35. The van der Waals surface area contributed by atoms with Gasteiger partial charge in [0.2, 0.25) is 5.91 Å². The van der Waals surface area contributed by atoms with Crippen LogP contribution in [0.3, 0.4) is 0 Å². The Labute approximate surface area is 241 Å². The maximum atomic E-state index is 12.9. The number of hydrogen-bond acceptors (Lipinski definition) is 5. The number of benzene rings is 3. The van der Waals surface area contributed by atoms with Gasteiger partial charge in [-0.1, -0.05) is 53.5 Å². The molecule has 202 valence electrons. The van der Waals surface area contributed by atoms with Crippen molar-refractivity contribution in [1.29, 1.82) is 0 Å². The highest BCUT2D eigenvalue weighted by atomic mass is 35.5. The van der Waals surface area contributed by atoms with Crippen molar-refractivity contribution in [2.45, 2.75) is 13.5 Å². The second-order valence-corrected chi connectivity index (χ2v) is 9.84. The zero-order valence-corrected chi connectivity index (χ0v) is 23.3. The summed E-state index contributed by atoms with van der Waals surface area (Å²) in [6.45, 7) is 1.77. The van der Waals surface area contributed by atoms with Crippen LogP contribution in [0.4, 0.5) is 5.69 Å². The molecular weight excluding hydrogens is 549 g/mol. The zero-order chi connectivity index (χ0) is 28.2. The summed E-state index contributed by atoms with van der Waals surface area (Å²) < 4.78 is 8.12. The van der Waals surface area contributed by atoms with Crippen molar-refractivity contribution in [3.8, 4) is 11.4 Å². The van der Waals surface area contributed by atoms with Gasteiger partial charge in [-0.2, -0.15) is 0 Å². The summed E-state index contributed by atoms with van der Waals surface area (Å²) in [5.41, 5.74) is 3.88. The summed E-state index contributed by atoms with van der Waals surface area (Å²) in [7, 11) is 1.59. The molecule has 0 saturated heterocycles. The molecule has 40 heavy (non-hydrogen) atoms. The molecule has 0 spiro atoms. The molecule has 1 N–H and O–H groups in total. The molecule has 2 aromatic heterocycles. The second kappa shape index (κ2) is 11.8. The lowest BCUT2D eigenvalue weighted by molar-refractivity contribution is -0.117. The van der Waals surface area contributed by atoms with E-state index in [1.807, 2.05) is 48.0 Å². The third kappa shape index (κ3) is 5.64. The number of rotatable bonds is 8. The summed E-state index contributed by atoms with van der Waals surface area (Å²) in [5, 5.41) is 4.22. The number of likely N-dealkylation sites (N-methyl/N-ethyl adjacent to an activating group) is 1. The fourth-order valence-electron chi connectivity index (χ4n) is 4.29. The molecule has 5 aromatic rings. The number of fused-ring (bicyclic) bond motifs is 1. The number of anilines is 1. The van der Waals surface area contributed by atoms with Crippen molar-refractivity contribution >= 4 is 51.6 Å². The third-order valence-electron chi connectivity index (χ3n) is 6.40. The van der Waals surface area contributed by atoms with E-state index in [2.05, 4.69) is 10.3 Å². The lowest BCUT2D eigenvalue weighted by Gasteiger charge is -2.21. The SMILES string of the molecule is Cc1cc(-n2ccnc2)c2cccc(OCc3c(Cl)ccc(N(C)C(=O)CNC(=O)c4ccccc4)c3Cl)c2n1. The number of carbonyl (C=O) groups is 2. The van der Waals surface area contributed by atoms with Crippen LogP contribution in [0.25, 0.3) is 16.6 Å². The molecule has 0 bridgehead atoms. The molecule has 0 unspecified atom stereocenters. The Morgan fingerprint density at radius 1 is 1.05 bits per heavy atom. The Morgan fingerprint density at radius 3 is 2.60 bits per heavy atom. The van der Waals surface area contributed by atoms with Crippen molar-refractivity contribution in [1.82, 2.24) is 19.9 Å². The van der Waals surface area contributed by atoms with Gasteiger partial charge in [0, 0.05) is 46.7 Å². The molecule has 0 aliphatic heterocycles. The zero-order valence-electron chi connectivity index (χ0n) is 21.8. The van der Waals surface area contributed by atoms with Crippen molar-refractivity contribution in [2.75, 3.05) is 18.5 Å². The lowest BCUT2D eigenvalue weighted by Crippen LogP contribution is -2.38. The van der Waals surface area contributed by atoms with Gasteiger partial charge < -0.3 is 19.5 Å². The van der Waals surface area contributed by atoms with E-state index in [-0.39, 0.29) is 30.0 Å². The number of nitrogens with zero attached hydrogens (tertiary/aromatic N) is 4. The molecule has 0 saturated carbocycles. The van der Waals surface area contributed by atoms with Crippen LogP contribution in [-0.4, -0.2) is 39.9 Å². The van der Waals surface area contributed by atoms with Gasteiger partial charge in [0.25, 0.3) is 5.91 Å². The molecule has 3 aromatic carbocycles. The molecular formula is C30H25Cl2N5O3. The van der Waals surface area contributed by atoms with E-state index in [9.17, 15) is 9.59 Å². The molecule has 2 amide bonds. The van der Waals surface area contributed by atoms with Crippen LogP contribution in [0.5, 0.6) is 5.75 Å². The second-order valence-electron chi connectivity index (χ2n) is 9.05. The summed E-state index contributed by atoms with van der Waals surface area (Å²) >= 11 is 13.3. The van der Waals surface area contributed by atoms with E-state index in [4.69, 9.17) is 32.9 Å². The Kier molecular flexibility index (Phi) is 8.00. The number of carbonyl (C=O) groups excluding carboxylic acids is 2. The number of imidazole rings is 1. The first-order valence-corrected chi connectivity index (χ1v) is 13.2. The van der Waals surface area contributed by atoms with Gasteiger partial charge in [-0.05, 0) is 43.3 Å². The van der Waals surface area contributed by atoms with Crippen LogP contribution in [-0.2, 0) is 11.4 Å². The summed E-state index contributed by atoms with van der Waals surface area (Å²) in [5.74, 6) is -0.122. The number of nitrogens with one attached hydrogen (secondary N) is 1. The molecule has 2 heterocycles. The van der Waals surface area contributed by atoms with Gasteiger partial charge in [0.1, 0.15) is 17.9 Å². The topological polar surface area (TPSA) is 89.4 Å². The fourth-order valence-corrected chi connectivity index (χ4v) is 4.89. The number of para-hydroxylation sites is 1. The maximum Gasteiger partial charge on any atom is 0.251 e. The minimum absolute atomic E-state index is 0.0490. The van der Waals surface area contributed by atoms with Gasteiger partial charge in [-0.3, -0.25) is 9.59 Å². The molecule has 0 atom stereocenters. The third-order valence-corrected chi connectivity index (χ3v) is 7.18. The summed E-state index contributed by atoms with van der Waals surface area (Å²) in [6, 6.07) is 19.7. The largest absolute Gasteiger partial charge is 0.487 e. The Morgan fingerprint density at radius 2 is 1.85 bits per heavy atom. The standard InChI is InChI=1S/C30H25Cl2N5O3/c1-19-15-25(37-14-13-33-18-37)21-9-6-10-26(29(21)35-19)40-17-22-23(31)11-12-24(28(22)32)36(2)27(38)16-34-30(39)20-7-4-3-5-8-20/h3-15,18H,16-17H2,1-2H3,(H,34,39). The first kappa shape index (κ1) is 27.2. The molecule has 10 heteroatoms. The van der Waals surface area contributed by atoms with Crippen molar-refractivity contribution < 1.29 is 14.3 Å². The molecule has 0 fully saturated rings. The van der Waals surface area contributed by atoms with E-state index >= 15 is 0 Å². The van der Waals surface area contributed by atoms with E-state index in [0.717, 1.165) is 16.8 Å². The first-order valence-electron chi connectivity index (χ1n) is 12.4. The highest BCUT2D eigenvalue weighted by molar-refractivity contribution is 6.38. The average Bonchev–Trinajstić information content (AvgIpc) is 3.50. The van der Waals surface area contributed by atoms with Crippen LogP contribution >= 0.6 is 23.2 Å².